The summed E-state index contributed by atoms with van der Waals surface area (Å²) in [5, 5.41) is 47.3. The van der Waals surface area contributed by atoms with Gasteiger partial charge in [0.25, 0.3) is 0 Å². The van der Waals surface area contributed by atoms with Crippen molar-refractivity contribution < 1.29 is 30.3 Å². The maximum atomic E-state index is 9.95. The quantitative estimate of drug-likeness (QED) is 0.363. The van der Waals surface area contributed by atoms with Crippen LogP contribution in [-0.4, -0.2) is 62.3 Å². The molecular weight excluding hydrogens is 204 g/mol. The highest BCUT2D eigenvalue weighted by Crippen LogP contribution is 2.33. The number of rotatable bonds is 2. The molecule has 0 aromatic heterocycles. The topological polar surface area (TPSA) is 110 Å². The molecule has 15 heavy (non-hydrogen) atoms. The fourth-order valence-electron chi connectivity index (χ4n) is 1.66. The molecule has 1 rings (SSSR count). The first-order valence-corrected chi connectivity index (χ1v) is 4.89. The maximum Gasteiger partial charge on any atom is 0.197 e. The minimum atomic E-state index is -1.95. The molecule has 90 valence electrons. The Bertz CT molecular complexity index is 219. The van der Waals surface area contributed by atoms with Gasteiger partial charge in [-0.3, -0.25) is 0 Å². The number of aliphatic hydroxyl groups excluding tert-OH is 4. The summed E-state index contributed by atoms with van der Waals surface area (Å²) in [6.45, 7) is 2.66. The van der Waals surface area contributed by atoms with E-state index in [0.717, 1.165) is 0 Å². The van der Waals surface area contributed by atoms with Crippen LogP contribution in [0, 0.1) is 5.92 Å². The van der Waals surface area contributed by atoms with Crippen molar-refractivity contribution in [2.75, 3.05) is 6.61 Å². The Morgan fingerprint density at radius 2 is 1.73 bits per heavy atom. The highest BCUT2D eigenvalue weighted by molar-refractivity contribution is 4.97. The second-order valence-electron chi connectivity index (χ2n) is 4.17. The van der Waals surface area contributed by atoms with E-state index in [2.05, 4.69) is 0 Å². The monoisotopic (exact) mass is 222 g/mol. The largest absolute Gasteiger partial charge is 0.394 e. The first-order valence-electron chi connectivity index (χ1n) is 4.89. The Balaban J connectivity index is 2.92. The lowest BCUT2D eigenvalue weighted by atomic mass is 9.86. The van der Waals surface area contributed by atoms with Crippen molar-refractivity contribution in [1.82, 2.24) is 0 Å². The van der Waals surface area contributed by atoms with Crippen LogP contribution in [0.1, 0.15) is 13.8 Å². The van der Waals surface area contributed by atoms with Crippen LogP contribution in [0.4, 0.5) is 0 Å². The van der Waals surface area contributed by atoms with Crippen molar-refractivity contribution >= 4 is 0 Å². The first-order chi connectivity index (χ1) is 6.84. The van der Waals surface area contributed by atoms with Gasteiger partial charge in [0.15, 0.2) is 5.79 Å². The fraction of sp³-hybridized carbons (Fsp3) is 1.00. The van der Waals surface area contributed by atoms with E-state index in [-0.39, 0.29) is 0 Å². The van der Waals surface area contributed by atoms with E-state index in [0.29, 0.717) is 0 Å². The van der Waals surface area contributed by atoms with Gasteiger partial charge in [0.2, 0.25) is 0 Å². The summed E-state index contributed by atoms with van der Waals surface area (Å²) in [5.41, 5.74) is 0. The van der Waals surface area contributed by atoms with Gasteiger partial charge in [-0.1, -0.05) is 13.8 Å². The van der Waals surface area contributed by atoms with E-state index in [1.807, 2.05) is 0 Å². The predicted octanol–water partition coefficient (Wildman–Crippen LogP) is -2.20. The molecule has 1 aliphatic heterocycles. The van der Waals surface area contributed by atoms with E-state index in [1.165, 1.54) is 0 Å². The molecule has 6 nitrogen and oxygen atoms in total. The Morgan fingerprint density at radius 3 is 2.13 bits per heavy atom. The highest BCUT2D eigenvalue weighted by Gasteiger charge is 2.53. The van der Waals surface area contributed by atoms with E-state index in [1.54, 1.807) is 13.8 Å². The predicted molar refractivity (Wildman–Crippen MR) is 49.8 cm³/mol. The first kappa shape index (κ1) is 12.8. The molecule has 0 amide bonds. The van der Waals surface area contributed by atoms with Crippen LogP contribution >= 0.6 is 0 Å². The van der Waals surface area contributed by atoms with Crippen LogP contribution in [0.3, 0.4) is 0 Å². The normalized spacial score (nSPS) is 47.2. The van der Waals surface area contributed by atoms with Gasteiger partial charge in [-0.05, 0) is 0 Å². The molecule has 0 saturated carbocycles. The molecule has 0 spiro atoms. The second-order valence-corrected chi connectivity index (χ2v) is 4.17. The van der Waals surface area contributed by atoms with E-state index >= 15 is 0 Å². The molecule has 1 heterocycles. The zero-order chi connectivity index (χ0) is 11.8. The molecule has 1 aliphatic rings. The average Bonchev–Trinajstić information content (AvgIpc) is 2.20. The molecule has 6 heteroatoms. The van der Waals surface area contributed by atoms with Crippen molar-refractivity contribution in [3.05, 3.63) is 0 Å². The van der Waals surface area contributed by atoms with E-state index < -0.39 is 42.7 Å². The van der Waals surface area contributed by atoms with Crippen molar-refractivity contribution in [1.29, 1.82) is 0 Å². The van der Waals surface area contributed by atoms with Crippen LogP contribution in [0.5, 0.6) is 0 Å². The van der Waals surface area contributed by atoms with Crippen LogP contribution in [-0.2, 0) is 4.74 Å². The lowest BCUT2D eigenvalue weighted by Crippen LogP contribution is -2.67. The smallest absolute Gasteiger partial charge is 0.197 e. The number of aliphatic hydroxyl groups is 5. The molecule has 1 fully saturated rings. The summed E-state index contributed by atoms with van der Waals surface area (Å²) in [4.78, 5) is 0. The molecule has 0 bridgehead atoms. The van der Waals surface area contributed by atoms with Gasteiger partial charge < -0.3 is 30.3 Å². The van der Waals surface area contributed by atoms with Crippen LogP contribution in [0.15, 0.2) is 0 Å². The second kappa shape index (κ2) is 4.32. The molecule has 0 aromatic rings. The summed E-state index contributed by atoms with van der Waals surface area (Å²) in [6.07, 6.45) is -5.65. The summed E-state index contributed by atoms with van der Waals surface area (Å²) >= 11 is 0. The SMILES string of the molecule is CC(C)[C@@]1(O)O[C@H](CO)[C@@H](O)[C@H](O)[C@H]1O. The highest BCUT2D eigenvalue weighted by atomic mass is 16.7. The Kier molecular flexibility index (Phi) is 3.70. The standard InChI is InChI=1S/C9H18O6/c1-4(2)9(14)8(13)7(12)6(11)5(3-10)15-9/h4-8,10-14H,3H2,1-2H3/t5-,6-,7+,8-,9-/m1/s1. The van der Waals surface area contributed by atoms with Gasteiger partial charge >= 0.3 is 0 Å². The van der Waals surface area contributed by atoms with Gasteiger partial charge in [0.05, 0.1) is 6.61 Å². The van der Waals surface area contributed by atoms with Gasteiger partial charge in [-0.2, -0.15) is 0 Å². The summed E-state index contributed by atoms with van der Waals surface area (Å²) < 4.78 is 5.03. The third-order valence-electron chi connectivity index (χ3n) is 2.83. The third-order valence-corrected chi connectivity index (χ3v) is 2.83. The number of ether oxygens (including phenoxy) is 1. The molecule has 5 atom stereocenters. The lowest BCUT2D eigenvalue weighted by Gasteiger charge is -2.47. The lowest BCUT2D eigenvalue weighted by molar-refractivity contribution is -0.364. The molecule has 0 unspecified atom stereocenters. The zero-order valence-electron chi connectivity index (χ0n) is 8.74. The van der Waals surface area contributed by atoms with Crippen molar-refractivity contribution in [3.63, 3.8) is 0 Å². The molecular formula is C9H18O6. The van der Waals surface area contributed by atoms with Gasteiger partial charge in [-0.25, -0.2) is 0 Å². The Hall–Kier alpha value is -0.240. The summed E-state index contributed by atoms with van der Waals surface area (Å²) in [7, 11) is 0. The van der Waals surface area contributed by atoms with Gasteiger partial charge in [-0.15, -0.1) is 0 Å². The fourth-order valence-corrected chi connectivity index (χ4v) is 1.66. The van der Waals surface area contributed by atoms with Gasteiger partial charge in [0.1, 0.15) is 24.4 Å². The van der Waals surface area contributed by atoms with Crippen LogP contribution in [0.25, 0.3) is 0 Å². The van der Waals surface area contributed by atoms with Crippen molar-refractivity contribution in [3.8, 4) is 0 Å². The van der Waals surface area contributed by atoms with E-state index in [9.17, 15) is 20.4 Å². The van der Waals surface area contributed by atoms with Crippen LogP contribution in [0.2, 0.25) is 0 Å². The molecule has 0 aromatic carbocycles. The number of hydrogen-bond acceptors (Lipinski definition) is 6. The molecule has 5 N–H and O–H groups in total. The minimum Gasteiger partial charge on any atom is -0.394 e. The Morgan fingerprint density at radius 1 is 1.20 bits per heavy atom. The molecule has 0 aliphatic carbocycles. The van der Waals surface area contributed by atoms with E-state index in [4.69, 9.17) is 9.84 Å². The minimum absolute atomic E-state index is 0.483. The number of hydrogen-bond donors (Lipinski definition) is 5. The maximum absolute atomic E-state index is 9.95. The third kappa shape index (κ3) is 2.01. The summed E-state index contributed by atoms with van der Waals surface area (Å²) in [6, 6.07) is 0. The van der Waals surface area contributed by atoms with Crippen molar-refractivity contribution in [2.45, 2.75) is 44.1 Å². The van der Waals surface area contributed by atoms with Gasteiger partial charge in [0, 0.05) is 5.92 Å². The average molecular weight is 222 g/mol. The van der Waals surface area contributed by atoms with Crippen molar-refractivity contribution in [2.24, 2.45) is 5.92 Å². The summed E-state index contributed by atoms with van der Waals surface area (Å²) in [5.74, 6) is -2.44. The Labute approximate surface area is 87.7 Å². The zero-order valence-corrected chi connectivity index (χ0v) is 8.74. The molecule has 0 radical (unpaired) electrons. The van der Waals surface area contributed by atoms with Crippen LogP contribution < -0.4 is 0 Å². The molecule has 1 saturated heterocycles.